The zero-order valence-corrected chi connectivity index (χ0v) is 19.6. The van der Waals surface area contributed by atoms with E-state index in [0.717, 1.165) is 48.7 Å². The van der Waals surface area contributed by atoms with E-state index in [1.807, 2.05) is 58.0 Å². The molecule has 0 aromatic heterocycles. The van der Waals surface area contributed by atoms with Crippen LogP contribution in [0.25, 0.3) is 0 Å². The summed E-state index contributed by atoms with van der Waals surface area (Å²) in [5, 5.41) is 0. The molecule has 0 radical (unpaired) electrons. The standard InChI is InChI=1S/C24H34N2O3S/c1-18(2)17-26(24-11-6-19(3)16-20(24)4)30(27,28)23-9-7-22(8-10-23)21(5)25-12-14-29-15-13-25/h6-11,16,18,21H,12-15,17H2,1-5H3. The maximum Gasteiger partial charge on any atom is 0.264 e. The highest BCUT2D eigenvalue weighted by molar-refractivity contribution is 7.92. The van der Waals surface area contributed by atoms with E-state index in [9.17, 15) is 8.42 Å². The summed E-state index contributed by atoms with van der Waals surface area (Å²) in [6.07, 6.45) is 0. The summed E-state index contributed by atoms with van der Waals surface area (Å²) in [5.74, 6) is 0.209. The van der Waals surface area contributed by atoms with Crippen molar-refractivity contribution < 1.29 is 13.2 Å². The topological polar surface area (TPSA) is 49.9 Å². The number of anilines is 1. The van der Waals surface area contributed by atoms with Crippen LogP contribution in [0.2, 0.25) is 0 Å². The van der Waals surface area contributed by atoms with Gasteiger partial charge in [0.05, 0.1) is 23.8 Å². The number of ether oxygens (including phenoxy) is 1. The molecular formula is C24H34N2O3S. The van der Waals surface area contributed by atoms with Gasteiger partial charge in [0.1, 0.15) is 0 Å². The van der Waals surface area contributed by atoms with Crippen LogP contribution in [0, 0.1) is 19.8 Å². The van der Waals surface area contributed by atoms with E-state index in [4.69, 9.17) is 4.74 Å². The van der Waals surface area contributed by atoms with E-state index in [-0.39, 0.29) is 12.0 Å². The van der Waals surface area contributed by atoms with Gasteiger partial charge >= 0.3 is 0 Å². The Labute approximate surface area is 181 Å². The number of rotatable bonds is 7. The van der Waals surface area contributed by atoms with Gasteiger partial charge in [-0.25, -0.2) is 8.42 Å². The van der Waals surface area contributed by atoms with Gasteiger partial charge < -0.3 is 4.74 Å². The molecule has 0 saturated carbocycles. The number of hydrogen-bond donors (Lipinski definition) is 0. The van der Waals surface area contributed by atoms with Gasteiger partial charge in [0.15, 0.2) is 0 Å². The Morgan fingerprint density at radius 2 is 1.63 bits per heavy atom. The molecule has 0 aliphatic carbocycles. The molecule has 0 spiro atoms. The molecule has 0 N–H and O–H groups in total. The molecule has 1 atom stereocenters. The lowest BCUT2D eigenvalue weighted by atomic mass is 10.1. The summed E-state index contributed by atoms with van der Waals surface area (Å²) in [7, 11) is -3.65. The molecule has 1 saturated heterocycles. The zero-order valence-electron chi connectivity index (χ0n) is 18.8. The summed E-state index contributed by atoms with van der Waals surface area (Å²) < 4.78 is 34.2. The summed E-state index contributed by atoms with van der Waals surface area (Å²) in [6, 6.07) is 13.5. The van der Waals surface area contributed by atoms with Gasteiger partial charge in [0.2, 0.25) is 0 Å². The second-order valence-electron chi connectivity index (χ2n) is 8.61. The van der Waals surface area contributed by atoms with E-state index >= 15 is 0 Å². The van der Waals surface area contributed by atoms with E-state index in [1.54, 1.807) is 16.4 Å². The average molecular weight is 431 g/mol. The van der Waals surface area contributed by atoms with Gasteiger partial charge in [-0.1, -0.05) is 43.7 Å². The minimum absolute atomic E-state index is 0.209. The van der Waals surface area contributed by atoms with Crippen molar-refractivity contribution in [3.8, 4) is 0 Å². The highest BCUT2D eigenvalue weighted by Crippen LogP contribution is 2.30. The van der Waals surface area contributed by atoms with Gasteiger partial charge in [-0.05, 0) is 56.0 Å². The van der Waals surface area contributed by atoms with Crippen LogP contribution in [0.1, 0.15) is 43.5 Å². The minimum atomic E-state index is -3.65. The van der Waals surface area contributed by atoms with Crippen molar-refractivity contribution in [1.82, 2.24) is 4.90 Å². The Bertz CT molecular complexity index is 949. The second kappa shape index (κ2) is 9.50. The number of sulfonamides is 1. The maximum absolute atomic E-state index is 13.6. The van der Waals surface area contributed by atoms with Gasteiger partial charge in [-0.15, -0.1) is 0 Å². The van der Waals surface area contributed by atoms with Crippen LogP contribution in [0.15, 0.2) is 47.4 Å². The third kappa shape index (κ3) is 5.05. The highest BCUT2D eigenvalue weighted by Gasteiger charge is 2.27. The van der Waals surface area contributed by atoms with Crippen LogP contribution < -0.4 is 4.31 Å². The highest BCUT2D eigenvalue weighted by atomic mass is 32.2. The maximum atomic E-state index is 13.6. The van der Waals surface area contributed by atoms with Gasteiger partial charge in [0, 0.05) is 25.7 Å². The summed E-state index contributed by atoms with van der Waals surface area (Å²) >= 11 is 0. The Hall–Kier alpha value is -1.89. The normalized spacial score (nSPS) is 16.6. The van der Waals surface area contributed by atoms with Crippen LogP contribution in [-0.4, -0.2) is 46.2 Å². The molecular weight excluding hydrogens is 396 g/mol. The molecule has 3 rings (SSSR count). The number of benzene rings is 2. The molecule has 1 heterocycles. The fourth-order valence-electron chi connectivity index (χ4n) is 3.96. The fraction of sp³-hybridized carbons (Fsp3) is 0.500. The number of morpholine rings is 1. The lowest BCUT2D eigenvalue weighted by Gasteiger charge is -2.32. The molecule has 1 fully saturated rings. The first-order valence-corrected chi connectivity index (χ1v) is 12.2. The second-order valence-corrected chi connectivity index (χ2v) is 10.5. The summed E-state index contributed by atoms with van der Waals surface area (Å²) in [4.78, 5) is 2.70. The third-order valence-electron chi connectivity index (χ3n) is 5.70. The van der Waals surface area contributed by atoms with Crippen molar-refractivity contribution >= 4 is 15.7 Å². The smallest absolute Gasteiger partial charge is 0.264 e. The van der Waals surface area contributed by atoms with Crippen molar-refractivity contribution in [2.24, 2.45) is 5.92 Å². The molecule has 1 unspecified atom stereocenters. The third-order valence-corrected chi connectivity index (χ3v) is 7.49. The monoisotopic (exact) mass is 430 g/mol. The molecule has 6 heteroatoms. The molecule has 2 aromatic carbocycles. The van der Waals surface area contributed by atoms with Gasteiger partial charge in [-0.2, -0.15) is 0 Å². The molecule has 1 aliphatic rings. The quantitative estimate of drug-likeness (QED) is 0.647. The Kier molecular flexibility index (Phi) is 7.22. The van der Waals surface area contributed by atoms with E-state index in [1.165, 1.54) is 0 Å². The molecule has 164 valence electrons. The van der Waals surface area contributed by atoms with Gasteiger partial charge in [0.25, 0.3) is 10.0 Å². The van der Waals surface area contributed by atoms with E-state index in [0.29, 0.717) is 11.4 Å². The van der Waals surface area contributed by atoms with Crippen LogP contribution in [0.5, 0.6) is 0 Å². The zero-order chi connectivity index (χ0) is 21.9. The number of aryl methyl sites for hydroxylation is 2. The predicted octanol–water partition coefficient (Wildman–Crippen LogP) is 4.55. The van der Waals surface area contributed by atoms with Crippen molar-refractivity contribution in [3.63, 3.8) is 0 Å². The molecule has 30 heavy (non-hydrogen) atoms. The fourth-order valence-corrected chi connectivity index (χ4v) is 5.66. The average Bonchev–Trinajstić information content (AvgIpc) is 2.72. The summed E-state index contributed by atoms with van der Waals surface area (Å²) in [6.45, 7) is 14.0. The lowest BCUT2D eigenvalue weighted by Crippen LogP contribution is -2.38. The van der Waals surface area contributed by atoms with Crippen LogP contribution >= 0.6 is 0 Å². The largest absolute Gasteiger partial charge is 0.379 e. The van der Waals surface area contributed by atoms with Crippen molar-refractivity contribution in [2.75, 3.05) is 37.2 Å². The van der Waals surface area contributed by atoms with E-state index in [2.05, 4.69) is 11.8 Å². The van der Waals surface area contributed by atoms with Crippen molar-refractivity contribution in [2.45, 2.75) is 45.6 Å². The first-order chi connectivity index (χ1) is 14.2. The molecule has 5 nitrogen and oxygen atoms in total. The van der Waals surface area contributed by atoms with Crippen LogP contribution in [0.4, 0.5) is 5.69 Å². The predicted molar refractivity (Wildman–Crippen MR) is 123 cm³/mol. The number of hydrogen-bond acceptors (Lipinski definition) is 4. The first kappa shape index (κ1) is 22.8. The Morgan fingerprint density at radius 3 is 2.20 bits per heavy atom. The Balaban J connectivity index is 1.90. The minimum Gasteiger partial charge on any atom is -0.379 e. The van der Waals surface area contributed by atoms with Crippen LogP contribution in [0.3, 0.4) is 0 Å². The Morgan fingerprint density at radius 1 is 1.00 bits per heavy atom. The van der Waals surface area contributed by atoms with Crippen molar-refractivity contribution in [1.29, 1.82) is 0 Å². The molecule has 0 amide bonds. The first-order valence-electron chi connectivity index (χ1n) is 10.7. The number of nitrogens with zero attached hydrogens (tertiary/aromatic N) is 2. The molecule has 0 bridgehead atoms. The molecule has 1 aliphatic heterocycles. The van der Waals surface area contributed by atoms with Gasteiger partial charge in [-0.3, -0.25) is 9.21 Å². The van der Waals surface area contributed by atoms with Crippen LogP contribution in [-0.2, 0) is 14.8 Å². The SMILES string of the molecule is Cc1ccc(N(CC(C)C)S(=O)(=O)c2ccc(C(C)N3CCOCC3)cc2)c(C)c1. The summed E-state index contributed by atoms with van der Waals surface area (Å²) in [5.41, 5.74) is 3.97. The lowest BCUT2D eigenvalue weighted by molar-refractivity contribution is 0.0198. The molecule has 2 aromatic rings. The van der Waals surface area contributed by atoms with Crippen molar-refractivity contribution in [3.05, 3.63) is 59.2 Å². The van der Waals surface area contributed by atoms with E-state index < -0.39 is 10.0 Å².